The zero-order valence-corrected chi connectivity index (χ0v) is 25.2. The van der Waals surface area contributed by atoms with Gasteiger partial charge in [0.05, 0.1) is 36.6 Å². The van der Waals surface area contributed by atoms with E-state index in [1.54, 1.807) is 12.3 Å². The third kappa shape index (κ3) is 6.16. The van der Waals surface area contributed by atoms with E-state index in [1.807, 2.05) is 37.3 Å². The molecule has 2 N–H and O–H groups in total. The van der Waals surface area contributed by atoms with Crippen molar-refractivity contribution >= 4 is 57.1 Å². The van der Waals surface area contributed by atoms with E-state index < -0.39 is 0 Å². The Morgan fingerprint density at radius 3 is 2.60 bits per heavy atom. The van der Waals surface area contributed by atoms with Crippen molar-refractivity contribution in [2.45, 2.75) is 19.8 Å². The Kier molecular flexibility index (Phi) is 9.16. The number of hydrogen-bond donors (Lipinski definition) is 2. The molecule has 0 spiro atoms. The summed E-state index contributed by atoms with van der Waals surface area (Å²) in [6.45, 7) is 7.73. The fourth-order valence-corrected chi connectivity index (χ4v) is 5.71. The molecule has 5 rings (SSSR count). The number of carbonyl (C=O) groups is 1. The van der Waals surface area contributed by atoms with Gasteiger partial charge < -0.3 is 24.8 Å². The number of ether oxygens (including phenoxy) is 3. The van der Waals surface area contributed by atoms with Gasteiger partial charge in [-0.2, -0.15) is 0 Å². The van der Waals surface area contributed by atoms with E-state index in [-0.39, 0.29) is 12.2 Å². The third-order valence-electron chi connectivity index (χ3n) is 7.33. The molecular formula is C32H32Cl2N4O4. The van der Waals surface area contributed by atoms with Crippen LogP contribution in [-0.4, -0.2) is 49.7 Å². The second-order valence-corrected chi connectivity index (χ2v) is 10.9. The highest BCUT2D eigenvalue weighted by molar-refractivity contribution is 6.41. The van der Waals surface area contributed by atoms with Crippen molar-refractivity contribution in [3.8, 4) is 22.8 Å². The normalized spacial score (nSPS) is 14.5. The van der Waals surface area contributed by atoms with Gasteiger partial charge in [-0.15, -0.1) is 0 Å². The van der Waals surface area contributed by atoms with Crippen molar-refractivity contribution in [2.24, 2.45) is 5.92 Å². The third-order valence-corrected chi connectivity index (χ3v) is 8.08. The van der Waals surface area contributed by atoms with E-state index in [4.69, 9.17) is 47.4 Å². The number of para-hydroxylation sites is 1. The van der Waals surface area contributed by atoms with Crippen LogP contribution in [0.4, 0.5) is 17.3 Å². The van der Waals surface area contributed by atoms with Gasteiger partial charge in [0.25, 0.3) is 0 Å². The molecule has 0 saturated carbocycles. The number of rotatable bonds is 11. The minimum absolute atomic E-state index is 0.0549. The first kappa shape index (κ1) is 29.6. The second kappa shape index (κ2) is 13.0. The van der Waals surface area contributed by atoms with Crippen LogP contribution >= 0.6 is 23.2 Å². The number of ketones is 1. The van der Waals surface area contributed by atoms with Crippen LogP contribution in [0, 0.1) is 12.8 Å². The van der Waals surface area contributed by atoms with Crippen molar-refractivity contribution in [3.05, 3.63) is 76.4 Å². The highest BCUT2D eigenvalue weighted by atomic mass is 35.5. The summed E-state index contributed by atoms with van der Waals surface area (Å²) in [4.78, 5) is 21.9. The molecule has 8 nitrogen and oxygen atoms in total. The summed E-state index contributed by atoms with van der Waals surface area (Å²) in [5.41, 5.74) is 3.75. The average Bonchev–Trinajstić information content (AvgIpc) is 3.52. The molecule has 3 heterocycles. The Morgan fingerprint density at radius 2 is 1.93 bits per heavy atom. The zero-order chi connectivity index (χ0) is 29.8. The minimum atomic E-state index is -0.0549. The van der Waals surface area contributed by atoms with Crippen LogP contribution in [0.3, 0.4) is 0 Å². The maximum atomic E-state index is 12.2. The Labute approximate surface area is 255 Å². The molecule has 4 aromatic rings. The lowest BCUT2D eigenvalue weighted by molar-refractivity contribution is -0.114. The summed E-state index contributed by atoms with van der Waals surface area (Å²) in [7, 11) is 3.07. The average molecular weight is 608 g/mol. The van der Waals surface area contributed by atoms with E-state index >= 15 is 0 Å². The number of nitrogens with zero attached hydrogens (tertiary/aromatic N) is 2. The first-order valence-corrected chi connectivity index (χ1v) is 14.3. The maximum absolute atomic E-state index is 12.2. The number of methoxy groups -OCH3 is 2. The van der Waals surface area contributed by atoms with E-state index in [1.165, 1.54) is 20.3 Å². The first-order chi connectivity index (χ1) is 20.3. The quantitative estimate of drug-likeness (QED) is 0.170. The molecule has 10 heteroatoms. The van der Waals surface area contributed by atoms with Gasteiger partial charge in [0.2, 0.25) is 0 Å². The van der Waals surface area contributed by atoms with Gasteiger partial charge in [0.15, 0.2) is 5.78 Å². The fourth-order valence-electron chi connectivity index (χ4n) is 5.02. The second-order valence-electron chi connectivity index (χ2n) is 10.1. The Balaban J connectivity index is 1.61. The van der Waals surface area contributed by atoms with Crippen molar-refractivity contribution in [3.63, 3.8) is 0 Å². The van der Waals surface area contributed by atoms with Crippen LogP contribution in [0.15, 0.2) is 55.3 Å². The molecule has 2 aromatic heterocycles. The Bertz CT molecular complexity index is 1630. The summed E-state index contributed by atoms with van der Waals surface area (Å²) < 4.78 is 16.5. The molecule has 42 heavy (non-hydrogen) atoms. The summed E-state index contributed by atoms with van der Waals surface area (Å²) in [6, 6.07) is 11.3. The number of anilines is 3. The van der Waals surface area contributed by atoms with Crippen molar-refractivity contribution in [2.75, 3.05) is 44.6 Å². The van der Waals surface area contributed by atoms with Crippen LogP contribution in [-0.2, 0) is 16.0 Å². The van der Waals surface area contributed by atoms with Crippen LogP contribution in [0.2, 0.25) is 10.0 Å². The summed E-state index contributed by atoms with van der Waals surface area (Å²) >= 11 is 13.5. The number of pyridine rings is 2. The molecule has 1 aliphatic heterocycles. The Hall–Kier alpha value is -3.85. The highest BCUT2D eigenvalue weighted by Crippen LogP contribution is 2.46. The Morgan fingerprint density at radius 1 is 1.17 bits per heavy atom. The molecule has 0 aliphatic carbocycles. The number of benzene rings is 2. The lowest BCUT2D eigenvalue weighted by atomic mass is 10.0. The number of halogens is 2. The predicted octanol–water partition coefficient (Wildman–Crippen LogP) is 7.42. The molecule has 1 unspecified atom stereocenters. The van der Waals surface area contributed by atoms with Gasteiger partial charge in [0.1, 0.15) is 23.1 Å². The molecule has 2 aromatic carbocycles. The molecule has 1 saturated heterocycles. The molecule has 0 amide bonds. The highest BCUT2D eigenvalue weighted by Gasteiger charge is 2.22. The van der Waals surface area contributed by atoms with Gasteiger partial charge in [-0.3, -0.25) is 4.79 Å². The van der Waals surface area contributed by atoms with E-state index in [2.05, 4.69) is 17.2 Å². The van der Waals surface area contributed by atoms with Gasteiger partial charge in [-0.1, -0.05) is 48.0 Å². The van der Waals surface area contributed by atoms with E-state index in [0.717, 1.165) is 40.6 Å². The number of aryl methyl sites for hydroxylation is 1. The van der Waals surface area contributed by atoms with Crippen molar-refractivity contribution < 1.29 is 19.0 Å². The van der Waals surface area contributed by atoms with Crippen molar-refractivity contribution in [1.82, 2.24) is 9.97 Å². The molecule has 0 bridgehead atoms. The number of carbonyl (C=O) groups excluding carboxylic acids is 1. The summed E-state index contributed by atoms with van der Waals surface area (Å²) in [6.07, 6.45) is 4.34. The SMILES string of the molecule is C=CC(=O)Cc1cccc(C)c1Nc1cc2c(NCC3CCOC3)nc(-c3c(Cl)c(OC)cc(OC)c3Cl)cc2cn1. The monoisotopic (exact) mass is 606 g/mol. The van der Waals surface area contributed by atoms with Gasteiger partial charge in [-0.05, 0) is 42.7 Å². The van der Waals surface area contributed by atoms with Gasteiger partial charge >= 0.3 is 0 Å². The molecule has 1 fully saturated rings. The molecular weight excluding hydrogens is 575 g/mol. The summed E-state index contributed by atoms with van der Waals surface area (Å²) in [5, 5.41) is 9.31. The van der Waals surface area contributed by atoms with E-state index in [0.29, 0.717) is 63.5 Å². The largest absolute Gasteiger partial charge is 0.495 e. The lowest BCUT2D eigenvalue weighted by Crippen LogP contribution is -2.15. The molecule has 0 radical (unpaired) electrons. The first-order valence-electron chi connectivity index (χ1n) is 13.6. The molecule has 218 valence electrons. The number of aromatic nitrogens is 2. The minimum Gasteiger partial charge on any atom is -0.495 e. The number of allylic oxidation sites excluding steroid dienone is 1. The number of fused-ring (bicyclic) bond motifs is 1. The van der Waals surface area contributed by atoms with Gasteiger partial charge in [0, 0.05) is 59.8 Å². The smallest absolute Gasteiger partial charge is 0.159 e. The van der Waals surface area contributed by atoms with Crippen LogP contribution in [0.5, 0.6) is 11.5 Å². The zero-order valence-electron chi connectivity index (χ0n) is 23.7. The molecule has 1 aliphatic rings. The topological polar surface area (TPSA) is 94.6 Å². The maximum Gasteiger partial charge on any atom is 0.159 e. The molecule has 1 atom stereocenters. The van der Waals surface area contributed by atoms with Crippen LogP contribution in [0.1, 0.15) is 17.5 Å². The lowest BCUT2D eigenvalue weighted by Gasteiger charge is -2.18. The van der Waals surface area contributed by atoms with Crippen LogP contribution in [0.25, 0.3) is 22.0 Å². The number of hydrogen-bond acceptors (Lipinski definition) is 8. The fraction of sp³-hybridized carbons (Fsp3) is 0.281. The summed E-state index contributed by atoms with van der Waals surface area (Å²) in [5.74, 6) is 2.43. The van der Waals surface area contributed by atoms with E-state index in [9.17, 15) is 4.79 Å². The number of nitrogens with one attached hydrogen (secondary N) is 2. The predicted molar refractivity (Wildman–Crippen MR) is 169 cm³/mol. The van der Waals surface area contributed by atoms with Gasteiger partial charge in [-0.25, -0.2) is 9.97 Å². The van der Waals surface area contributed by atoms with Crippen molar-refractivity contribution in [1.29, 1.82) is 0 Å². The van der Waals surface area contributed by atoms with Crippen LogP contribution < -0.4 is 20.1 Å². The standard InChI is InChI=1S/C32H32Cl2N4O4/c1-5-22(39)11-20-8-6-7-18(2)31(20)38-27-13-23-21(16-35-27)12-24(37-32(23)36-15-19-9-10-42-17-19)28-29(33)25(40-3)14-26(41-4)30(28)34/h5-8,12-14,16,19H,1,9-11,15,17H2,2-4H3,(H,35,38)(H,36,37).